The Kier molecular flexibility index (Phi) is 5.79. The van der Waals surface area contributed by atoms with Gasteiger partial charge in [-0.1, -0.05) is 24.8 Å². The molecule has 1 fully saturated rings. The predicted octanol–water partition coefficient (Wildman–Crippen LogP) is 4.23. The fourth-order valence-corrected chi connectivity index (χ4v) is 4.77. The van der Waals surface area contributed by atoms with Crippen molar-refractivity contribution in [3.63, 3.8) is 0 Å². The third kappa shape index (κ3) is 4.19. The molecule has 7 nitrogen and oxygen atoms in total. The molecule has 0 radical (unpaired) electrons. The van der Waals surface area contributed by atoms with E-state index in [2.05, 4.69) is 21.4 Å². The molecule has 1 unspecified atom stereocenters. The highest BCUT2D eigenvalue weighted by Gasteiger charge is 2.36. The van der Waals surface area contributed by atoms with Crippen molar-refractivity contribution in [1.82, 2.24) is 9.88 Å². The lowest BCUT2D eigenvalue weighted by molar-refractivity contribution is -0.127. The minimum atomic E-state index is -0.266. The number of nitrogens with zero attached hydrogens (tertiary/aromatic N) is 3. The number of H-pyrrole nitrogens is 1. The molecule has 2 aromatic carbocycles. The van der Waals surface area contributed by atoms with Crippen LogP contribution >= 0.6 is 0 Å². The monoisotopic (exact) mass is 443 g/mol. The Morgan fingerprint density at radius 1 is 1.06 bits per heavy atom. The van der Waals surface area contributed by atoms with E-state index in [4.69, 9.17) is 10.5 Å². The van der Waals surface area contributed by atoms with Gasteiger partial charge in [-0.05, 0) is 55.3 Å². The van der Waals surface area contributed by atoms with Crippen molar-refractivity contribution in [3.05, 3.63) is 85.2 Å². The largest absolute Gasteiger partial charge is 0.457 e. The number of nitrogens with one attached hydrogen (secondary N) is 1. The van der Waals surface area contributed by atoms with Crippen molar-refractivity contribution < 1.29 is 9.53 Å². The molecule has 2 atom stereocenters. The molecule has 1 aromatic heterocycles. The maximum atomic E-state index is 12.2. The van der Waals surface area contributed by atoms with E-state index in [1.54, 1.807) is 0 Å². The molecular weight excluding hydrogens is 414 g/mol. The molecule has 33 heavy (non-hydrogen) atoms. The summed E-state index contributed by atoms with van der Waals surface area (Å²) in [7, 11) is 0. The molecular formula is C26H29N5O2. The molecule has 3 heterocycles. The number of hydrogen-bond donors (Lipinski definition) is 2. The van der Waals surface area contributed by atoms with Crippen LogP contribution in [0.2, 0.25) is 0 Å². The molecule has 170 valence electrons. The highest BCUT2D eigenvalue weighted by Crippen LogP contribution is 2.38. The van der Waals surface area contributed by atoms with Crippen LogP contribution in [0.15, 0.2) is 79.6 Å². The number of fused-ring (bicyclic) bond motifs is 1. The molecule has 1 saturated heterocycles. The van der Waals surface area contributed by atoms with E-state index in [1.807, 2.05) is 71.9 Å². The number of rotatable bonds is 5. The average molecular weight is 444 g/mol. The standard InChI is InChI=1S/C26H29N5O2/c1-2-25(32)29-14-6-7-20(17-29)30-18-31(26(27)23-15-28-16-24(23)30)19-10-12-22(13-11-19)33-21-8-4-3-5-9-21/h2-5,8-13,15-16,20,26,28H,1,6-7,14,17-18,27H2/t20-,26?/m1/s1. The first-order valence-corrected chi connectivity index (χ1v) is 11.3. The fourth-order valence-electron chi connectivity index (χ4n) is 4.77. The summed E-state index contributed by atoms with van der Waals surface area (Å²) in [5.74, 6) is 1.58. The third-order valence-corrected chi connectivity index (χ3v) is 6.49. The van der Waals surface area contributed by atoms with Crippen LogP contribution in [0.5, 0.6) is 11.5 Å². The van der Waals surface area contributed by atoms with E-state index in [0.717, 1.165) is 47.8 Å². The molecule has 3 N–H and O–H groups in total. The van der Waals surface area contributed by atoms with E-state index in [0.29, 0.717) is 13.2 Å². The average Bonchev–Trinajstić information content (AvgIpc) is 3.36. The van der Waals surface area contributed by atoms with Crippen molar-refractivity contribution in [2.75, 3.05) is 29.6 Å². The van der Waals surface area contributed by atoms with E-state index in [-0.39, 0.29) is 18.1 Å². The van der Waals surface area contributed by atoms with Crippen molar-refractivity contribution >= 4 is 17.3 Å². The van der Waals surface area contributed by atoms with Gasteiger partial charge >= 0.3 is 0 Å². The Morgan fingerprint density at radius 2 is 1.82 bits per heavy atom. The summed E-state index contributed by atoms with van der Waals surface area (Å²) in [4.78, 5) is 21.9. The summed E-state index contributed by atoms with van der Waals surface area (Å²) in [5.41, 5.74) is 9.88. The number of carbonyl (C=O) groups excluding carboxylic acids is 1. The summed E-state index contributed by atoms with van der Waals surface area (Å²) < 4.78 is 5.94. The number of para-hydroxylation sites is 1. The van der Waals surface area contributed by atoms with Gasteiger partial charge < -0.3 is 30.2 Å². The van der Waals surface area contributed by atoms with Gasteiger partial charge in [0.2, 0.25) is 5.91 Å². The number of anilines is 2. The van der Waals surface area contributed by atoms with Gasteiger partial charge in [0.15, 0.2) is 0 Å². The second kappa shape index (κ2) is 9.03. The zero-order valence-electron chi connectivity index (χ0n) is 18.6. The molecule has 0 saturated carbocycles. The van der Waals surface area contributed by atoms with Crippen molar-refractivity contribution in [2.24, 2.45) is 5.73 Å². The Labute approximate surface area is 194 Å². The van der Waals surface area contributed by atoms with E-state index in [9.17, 15) is 4.79 Å². The Morgan fingerprint density at radius 3 is 2.58 bits per heavy atom. The summed E-state index contributed by atoms with van der Waals surface area (Å²) in [6, 6.07) is 18.0. The number of likely N-dealkylation sites (tertiary alicyclic amines) is 1. The van der Waals surface area contributed by atoms with Crippen LogP contribution in [0.4, 0.5) is 11.4 Å². The molecule has 2 aliphatic rings. The minimum absolute atomic E-state index is 0.00596. The van der Waals surface area contributed by atoms with Crippen LogP contribution in [-0.2, 0) is 4.79 Å². The van der Waals surface area contributed by atoms with E-state index < -0.39 is 0 Å². The lowest BCUT2D eigenvalue weighted by atomic mass is 10.0. The molecule has 0 aliphatic carbocycles. The predicted molar refractivity (Wildman–Crippen MR) is 130 cm³/mol. The number of nitrogens with two attached hydrogens (primary N) is 1. The lowest BCUT2D eigenvalue weighted by Crippen LogP contribution is -2.56. The Bertz CT molecular complexity index is 1110. The fraction of sp³-hybridized carbons (Fsp3) is 0.269. The summed E-state index contributed by atoms with van der Waals surface area (Å²) in [6.07, 6.45) is 7.12. The first kappa shape index (κ1) is 21.2. The highest BCUT2D eigenvalue weighted by atomic mass is 16.5. The summed E-state index contributed by atoms with van der Waals surface area (Å²) in [6.45, 7) is 5.76. The molecule has 0 bridgehead atoms. The zero-order chi connectivity index (χ0) is 22.8. The quantitative estimate of drug-likeness (QED) is 0.577. The molecule has 2 aliphatic heterocycles. The van der Waals surface area contributed by atoms with E-state index >= 15 is 0 Å². The number of aromatic nitrogens is 1. The minimum Gasteiger partial charge on any atom is -0.457 e. The molecule has 3 aromatic rings. The van der Waals surface area contributed by atoms with Crippen LogP contribution in [0.1, 0.15) is 24.6 Å². The maximum Gasteiger partial charge on any atom is 0.246 e. The number of ether oxygens (including phenoxy) is 1. The second-order valence-electron chi connectivity index (χ2n) is 8.52. The second-order valence-corrected chi connectivity index (χ2v) is 8.52. The number of amides is 1. The van der Waals surface area contributed by atoms with Gasteiger partial charge in [-0.25, -0.2) is 0 Å². The topological polar surface area (TPSA) is 77.8 Å². The number of benzene rings is 2. The van der Waals surface area contributed by atoms with Crippen LogP contribution < -0.4 is 20.3 Å². The van der Waals surface area contributed by atoms with Gasteiger partial charge in [-0.15, -0.1) is 0 Å². The van der Waals surface area contributed by atoms with Gasteiger partial charge in [0, 0.05) is 42.8 Å². The van der Waals surface area contributed by atoms with Gasteiger partial charge in [0.1, 0.15) is 17.7 Å². The van der Waals surface area contributed by atoms with Crippen LogP contribution in [-0.4, -0.2) is 41.6 Å². The number of hydrogen-bond acceptors (Lipinski definition) is 5. The first-order chi connectivity index (χ1) is 16.1. The third-order valence-electron chi connectivity index (χ3n) is 6.49. The van der Waals surface area contributed by atoms with Crippen molar-refractivity contribution in [3.8, 4) is 11.5 Å². The van der Waals surface area contributed by atoms with Gasteiger partial charge in [0.25, 0.3) is 0 Å². The SMILES string of the molecule is C=CC(=O)N1CCC[C@@H](N2CN(c3ccc(Oc4ccccc4)cc3)C(N)c3c[nH]cc32)C1. The lowest BCUT2D eigenvalue weighted by Gasteiger charge is -2.47. The van der Waals surface area contributed by atoms with Crippen molar-refractivity contribution in [1.29, 1.82) is 0 Å². The normalized spacial score (nSPS) is 20.3. The van der Waals surface area contributed by atoms with E-state index in [1.165, 1.54) is 6.08 Å². The zero-order valence-corrected chi connectivity index (χ0v) is 18.6. The van der Waals surface area contributed by atoms with Crippen LogP contribution in [0.25, 0.3) is 0 Å². The van der Waals surface area contributed by atoms with Crippen LogP contribution in [0.3, 0.4) is 0 Å². The summed E-state index contributed by atoms with van der Waals surface area (Å²) >= 11 is 0. The van der Waals surface area contributed by atoms with Crippen molar-refractivity contribution in [2.45, 2.75) is 25.0 Å². The molecule has 0 spiro atoms. The van der Waals surface area contributed by atoms with Gasteiger partial charge in [-0.2, -0.15) is 0 Å². The Balaban J connectivity index is 1.38. The summed E-state index contributed by atoms with van der Waals surface area (Å²) in [5, 5.41) is 0. The van der Waals surface area contributed by atoms with Crippen LogP contribution in [0, 0.1) is 0 Å². The molecule has 5 rings (SSSR count). The Hall–Kier alpha value is -3.71. The van der Waals surface area contributed by atoms with Gasteiger partial charge in [0.05, 0.1) is 12.4 Å². The van der Waals surface area contributed by atoms with Gasteiger partial charge in [-0.3, -0.25) is 4.79 Å². The molecule has 1 amide bonds. The highest BCUT2D eigenvalue weighted by molar-refractivity contribution is 5.87. The maximum absolute atomic E-state index is 12.2. The molecule has 7 heteroatoms. The smallest absolute Gasteiger partial charge is 0.246 e. The number of carbonyl (C=O) groups is 1. The first-order valence-electron chi connectivity index (χ1n) is 11.3. The number of piperidine rings is 1. The number of aromatic amines is 1.